The number of nitrogens with one attached hydrogen (secondary N) is 3. The molecule has 4 N–H and O–H groups in total. The molecule has 2 aromatic heterocycles. The Labute approximate surface area is 360 Å². The number of fused-ring (bicyclic) bond motifs is 2. The van der Waals surface area contributed by atoms with E-state index in [1.807, 2.05) is 41.1 Å². The topological polar surface area (TPSA) is 185 Å². The Hall–Kier alpha value is -5.95. The summed E-state index contributed by atoms with van der Waals surface area (Å²) in [5.41, 5.74) is 3.50. The smallest absolute Gasteiger partial charge is 0.301 e. The summed E-state index contributed by atoms with van der Waals surface area (Å²) in [5.74, 6) is -4.27. The van der Waals surface area contributed by atoms with Crippen molar-refractivity contribution in [3.8, 4) is 11.1 Å². The summed E-state index contributed by atoms with van der Waals surface area (Å²) in [4.78, 5) is 62.0. The lowest BCUT2D eigenvalue weighted by Crippen LogP contribution is -2.52. The number of aliphatic hydroxyl groups excluding tert-OH is 1. The van der Waals surface area contributed by atoms with Gasteiger partial charge in [0.05, 0.1) is 17.4 Å². The number of piperidine rings is 2. The largest absolute Gasteiger partial charge is 0.391 e. The molecule has 9 rings (SSSR count). The molecule has 0 spiro atoms. The number of aromatic amines is 1. The molecular weight excluding hydrogens is 840 g/mol. The molecule has 63 heavy (non-hydrogen) atoms. The zero-order chi connectivity index (χ0) is 44.2. The van der Waals surface area contributed by atoms with Crippen LogP contribution in [0.4, 0.5) is 18.9 Å². The number of pyridine rings is 1. The first-order valence-corrected chi connectivity index (χ1v) is 22.4. The summed E-state index contributed by atoms with van der Waals surface area (Å²) in [6.07, 6.45) is 3.60. The van der Waals surface area contributed by atoms with Crippen LogP contribution in [-0.2, 0) is 32.8 Å². The molecule has 6 heterocycles. The molecule has 0 bridgehead atoms. The summed E-state index contributed by atoms with van der Waals surface area (Å²) in [7, 11) is -4.37. The number of likely N-dealkylation sites (tertiary alicyclic amines) is 1. The van der Waals surface area contributed by atoms with Crippen molar-refractivity contribution in [3.05, 3.63) is 118 Å². The highest BCUT2D eigenvalue weighted by Crippen LogP contribution is 2.35. The van der Waals surface area contributed by atoms with Crippen molar-refractivity contribution in [2.45, 2.75) is 69.3 Å². The van der Waals surface area contributed by atoms with E-state index in [4.69, 9.17) is 0 Å². The van der Waals surface area contributed by atoms with Gasteiger partial charge in [0.15, 0.2) is 5.82 Å². The molecule has 0 radical (unpaired) electrons. The van der Waals surface area contributed by atoms with E-state index in [0.717, 1.165) is 64.6 Å². The van der Waals surface area contributed by atoms with Crippen LogP contribution in [0, 0.1) is 11.6 Å². The number of hydrogen-bond acceptors (Lipinski definition) is 9. The second-order valence-corrected chi connectivity index (χ2v) is 18.4. The van der Waals surface area contributed by atoms with Crippen molar-refractivity contribution in [2.75, 3.05) is 37.4 Å². The molecule has 18 heteroatoms. The van der Waals surface area contributed by atoms with Gasteiger partial charge in [0, 0.05) is 67.1 Å². The SMILES string of the molecule is O=C1CCC(N2Cc3cc(C4CCN(C[C@H](O)Cc5ccc(-c6cnc7[nH]cc(C(=O)c8c(F)ccc(NS(=O)(=O)N9CC[C@@H](F)C9)c8F)c7c6)cc5)CC4)ccc3C2=O)C(=O)N1. The number of aromatic nitrogens is 2. The van der Waals surface area contributed by atoms with Gasteiger partial charge in [-0.25, -0.2) is 18.2 Å². The molecule has 0 aliphatic carbocycles. The Bertz CT molecular complexity index is 2760. The number of carbonyl (C=O) groups is 4. The lowest BCUT2D eigenvalue weighted by atomic mass is 9.87. The van der Waals surface area contributed by atoms with Gasteiger partial charge in [0.25, 0.3) is 5.91 Å². The fourth-order valence-corrected chi connectivity index (χ4v) is 10.5. The number of halogens is 3. The monoisotopic (exact) mass is 883 g/mol. The predicted octanol–water partition coefficient (Wildman–Crippen LogP) is 4.98. The van der Waals surface area contributed by atoms with Crippen LogP contribution in [0.2, 0.25) is 0 Å². The van der Waals surface area contributed by atoms with Gasteiger partial charge in [-0.15, -0.1) is 0 Å². The van der Waals surface area contributed by atoms with Crippen LogP contribution in [0.3, 0.4) is 0 Å². The van der Waals surface area contributed by atoms with E-state index in [9.17, 15) is 37.1 Å². The maximum atomic E-state index is 15.7. The van der Waals surface area contributed by atoms with E-state index >= 15 is 8.78 Å². The van der Waals surface area contributed by atoms with Crippen LogP contribution >= 0.6 is 0 Å². The van der Waals surface area contributed by atoms with Gasteiger partial charge < -0.3 is 19.9 Å². The number of anilines is 1. The van der Waals surface area contributed by atoms with Crippen LogP contribution in [0.5, 0.6) is 0 Å². The third kappa shape index (κ3) is 8.47. The Morgan fingerprint density at radius 3 is 2.46 bits per heavy atom. The van der Waals surface area contributed by atoms with Gasteiger partial charge in [0.1, 0.15) is 23.7 Å². The fraction of sp³-hybridized carbons (Fsp3) is 0.356. The number of alkyl halides is 1. The van der Waals surface area contributed by atoms with Crippen molar-refractivity contribution in [1.29, 1.82) is 0 Å². The van der Waals surface area contributed by atoms with Crippen molar-refractivity contribution in [3.63, 3.8) is 0 Å². The number of hydrogen-bond donors (Lipinski definition) is 4. The minimum Gasteiger partial charge on any atom is -0.391 e. The zero-order valence-electron chi connectivity index (χ0n) is 34.0. The first kappa shape index (κ1) is 42.4. The number of imide groups is 1. The first-order chi connectivity index (χ1) is 30.2. The summed E-state index contributed by atoms with van der Waals surface area (Å²) >= 11 is 0. The Kier molecular flexibility index (Phi) is 11.4. The second-order valence-electron chi connectivity index (χ2n) is 16.7. The second kappa shape index (κ2) is 17.0. The van der Waals surface area contributed by atoms with Gasteiger partial charge in [-0.05, 0) is 97.6 Å². The summed E-state index contributed by atoms with van der Waals surface area (Å²) < 4.78 is 72.9. The number of amides is 3. The first-order valence-electron chi connectivity index (χ1n) is 20.9. The highest BCUT2D eigenvalue weighted by Gasteiger charge is 2.40. The van der Waals surface area contributed by atoms with Crippen molar-refractivity contribution >= 4 is 50.4 Å². The predicted molar refractivity (Wildman–Crippen MR) is 226 cm³/mol. The maximum absolute atomic E-state index is 15.7. The van der Waals surface area contributed by atoms with Crippen molar-refractivity contribution < 1.29 is 45.9 Å². The summed E-state index contributed by atoms with van der Waals surface area (Å²) in [6, 6.07) is 16.1. The van der Waals surface area contributed by atoms with Gasteiger partial charge in [-0.2, -0.15) is 12.7 Å². The van der Waals surface area contributed by atoms with Gasteiger partial charge in [0.2, 0.25) is 17.6 Å². The molecule has 4 aliphatic heterocycles. The molecule has 0 saturated carbocycles. The minimum absolute atomic E-state index is 0.00758. The van der Waals surface area contributed by atoms with E-state index in [1.165, 1.54) is 6.20 Å². The average molecular weight is 884 g/mol. The number of rotatable bonds is 12. The number of benzene rings is 3. The number of nitrogens with zero attached hydrogens (tertiary/aromatic N) is 4. The highest BCUT2D eigenvalue weighted by atomic mass is 32.2. The number of carbonyl (C=O) groups excluding carboxylic acids is 4. The molecule has 3 saturated heterocycles. The molecule has 3 atom stereocenters. The van der Waals surface area contributed by atoms with Gasteiger partial charge in [-0.1, -0.05) is 36.4 Å². The third-order valence-corrected chi connectivity index (χ3v) is 14.1. The lowest BCUT2D eigenvalue weighted by Gasteiger charge is -2.33. The van der Waals surface area contributed by atoms with Crippen molar-refractivity contribution in [2.24, 2.45) is 0 Å². The minimum atomic E-state index is -4.37. The van der Waals surface area contributed by atoms with Crippen LogP contribution in [0.1, 0.15) is 81.0 Å². The molecule has 3 amide bonds. The van der Waals surface area contributed by atoms with Crippen LogP contribution < -0.4 is 10.0 Å². The molecule has 5 aromatic rings. The van der Waals surface area contributed by atoms with Crippen molar-refractivity contribution in [1.82, 2.24) is 29.4 Å². The normalized spacial score (nSPS) is 20.6. The molecule has 3 aromatic carbocycles. The highest BCUT2D eigenvalue weighted by molar-refractivity contribution is 7.90. The summed E-state index contributed by atoms with van der Waals surface area (Å²) in [5, 5.41) is 13.7. The Morgan fingerprint density at radius 1 is 0.952 bits per heavy atom. The fourth-order valence-electron chi connectivity index (χ4n) is 9.20. The number of β-amino-alcohol motifs (C(OH)–C–C–N with tert-alkyl or cyclic N) is 1. The van der Waals surface area contributed by atoms with Gasteiger partial charge in [-0.3, -0.25) is 29.2 Å². The van der Waals surface area contributed by atoms with E-state index in [1.54, 1.807) is 17.2 Å². The van der Waals surface area contributed by atoms with Gasteiger partial charge >= 0.3 is 10.2 Å². The van der Waals surface area contributed by atoms with Crippen LogP contribution in [-0.4, -0.2) is 112 Å². The Morgan fingerprint density at radius 2 is 1.73 bits per heavy atom. The number of ketones is 1. The van der Waals surface area contributed by atoms with E-state index in [0.29, 0.717) is 54.0 Å². The molecule has 4 aliphatic rings. The number of aliphatic hydroxyl groups is 1. The molecule has 328 valence electrons. The quantitative estimate of drug-likeness (QED) is 0.0991. The van der Waals surface area contributed by atoms with Crippen LogP contribution in [0.25, 0.3) is 22.2 Å². The van der Waals surface area contributed by atoms with E-state index in [-0.39, 0.29) is 36.8 Å². The molecule has 14 nitrogen and oxygen atoms in total. The Balaban J connectivity index is 0.805. The third-order valence-electron chi connectivity index (χ3n) is 12.6. The standard InChI is InChI=1S/C45H44F3N7O7S/c46-31-13-16-54(23-31)63(61,62)52-37-8-7-36(47)40(41(37)48)42(58)35-21-50-43-34(35)19-29(20-49-43)26-3-1-25(2-4-26)17-32(56)24-53-14-11-27(12-15-53)28-5-6-33-30(18-28)22-55(45(33)60)38-9-10-39(57)51-44(38)59/h1-8,18-21,27,31-32,38,52,56H,9-17,22-24H2,(H,49,50)(H,51,57,59)/t31-,32-,38?/m1/s1. The molecular formula is C45H44F3N7O7S. The molecule has 1 unspecified atom stereocenters. The zero-order valence-corrected chi connectivity index (χ0v) is 34.8. The molecule has 3 fully saturated rings. The maximum Gasteiger partial charge on any atom is 0.301 e. The average Bonchev–Trinajstić information content (AvgIpc) is 3.99. The van der Waals surface area contributed by atoms with E-state index in [2.05, 4.69) is 26.3 Å². The number of H-pyrrole nitrogens is 1. The van der Waals surface area contributed by atoms with E-state index < -0.39 is 69.6 Å². The summed E-state index contributed by atoms with van der Waals surface area (Å²) in [6.45, 7) is 1.91. The lowest BCUT2D eigenvalue weighted by molar-refractivity contribution is -0.136. The van der Waals surface area contributed by atoms with Crippen LogP contribution in [0.15, 0.2) is 73.1 Å².